The van der Waals surface area contributed by atoms with Gasteiger partial charge in [0.2, 0.25) is 0 Å². The zero-order valence-electron chi connectivity index (χ0n) is 15.9. The van der Waals surface area contributed by atoms with Crippen LogP contribution in [0.2, 0.25) is 0 Å². The minimum Gasteiger partial charge on any atom is -0.490 e. The van der Waals surface area contributed by atoms with Gasteiger partial charge in [0, 0.05) is 5.56 Å². The fourth-order valence-electron chi connectivity index (χ4n) is 2.74. The fraction of sp³-hybridized carbons (Fsp3) is 0.273. The van der Waals surface area contributed by atoms with Gasteiger partial charge >= 0.3 is 6.36 Å². The van der Waals surface area contributed by atoms with Crippen molar-refractivity contribution < 1.29 is 22.6 Å². The second-order valence-electron chi connectivity index (χ2n) is 6.45. The zero-order chi connectivity index (χ0) is 20.7. The summed E-state index contributed by atoms with van der Waals surface area (Å²) in [5, 5.41) is 0. The highest BCUT2D eigenvalue weighted by molar-refractivity contribution is 5.68. The molecule has 0 unspecified atom stereocenters. The molecule has 3 aromatic rings. The van der Waals surface area contributed by atoms with E-state index >= 15 is 0 Å². The number of hydrogen-bond acceptors (Lipinski definition) is 4. The molecule has 0 aliphatic rings. The van der Waals surface area contributed by atoms with E-state index in [9.17, 15) is 13.2 Å². The second-order valence-corrected chi connectivity index (χ2v) is 6.45. The van der Waals surface area contributed by atoms with Gasteiger partial charge in [-0.3, -0.25) is 0 Å². The maximum atomic E-state index is 12.2. The Morgan fingerprint density at radius 3 is 1.86 bits per heavy atom. The van der Waals surface area contributed by atoms with Gasteiger partial charge < -0.3 is 9.47 Å². The maximum Gasteiger partial charge on any atom is 0.573 e. The molecule has 152 valence electrons. The number of benzene rings is 2. The van der Waals surface area contributed by atoms with Crippen molar-refractivity contribution in [3.05, 3.63) is 60.9 Å². The Morgan fingerprint density at radius 2 is 1.31 bits per heavy atom. The molecule has 0 atom stereocenters. The molecule has 1 aromatic heterocycles. The van der Waals surface area contributed by atoms with Gasteiger partial charge in [0.25, 0.3) is 0 Å². The number of alkyl halides is 3. The second kappa shape index (κ2) is 9.41. The van der Waals surface area contributed by atoms with Crippen LogP contribution >= 0.6 is 0 Å². The van der Waals surface area contributed by atoms with Crippen molar-refractivity contribution in [2.24, 2.45) is 0 Å². The Balaban J connectivity index is 1.64. The molecule has 3 rings (SSSR count). The molecule has 0 saturated carbocycles. The van der Waals surface area contributed by atoms with E-state index in [-0.39, 0.29) is 5.75 Å². The molecule has 0 bridgehead atoms. The van der Waals surface area contributed by atoms with Crippen molar-refractivity contribution in [1.29, 1.82) is 0 Å². The molecule has 4 nitrogen and oxygen atoms in total. The number of unbranched alkanes of at least 4 members (excludes halogenated alkanes) is 2. The summed E-state index contributed by atoms with van der Waals surface area (Å²) in [4.78, 5) is 8.67. The van der Waals surface area contributed by atoms with Crippen LogP contribution in [0.1, 0.15) is 26.2 Å². The van der Waals surface area contributed by atoms with Gasteiger partial charge in [0.1, 0.15) is 5.75 Å². The molecule has 29 heavy (non-hydrogen) atoms. The number of nitrogens with zero attached hydrogens (tertiary/aromatic N) is 2. The molecule has 0 aliphatic heterocycles. The van der Waals surface area contributed by atoms with Crippen LogP contribution in [0.15, 0.2) is 60.9 Å². The van der Waals surface area contributed by atoms with E-state index in [0.29, 0.717) is 18.2 Å². The van der Waals surface area contributed by atoms with Gasteiger partial charge in [0.15, 0.2) is 11.6 Å². The normalized spacial score (nSPS) is 11.3. The van der Waals surface area contributed by atoms with Gasteiger partial charge in [-0.25, -0.2) is 9.97 Å². The molecule has 0 N–H and O–H groups in total. The predicted octanol–water partition coefficient (Wildman–Crippen LogP) is 6.28. The van der Waals surface area contributed by atoms with Gasteiger partial charge in [-0.2, -0.15) is 0 Å². The molecule has 0 radical (unpaired) electrons. The average molecular weight is 402 g/mol. The Hall–Kier alpha value is -3.09. The molecular weight excluding hydrogens is 381 g/mol. The third-order valence-electron chi connectivity index (χ3n) is 4.21. The molecule has 1 heterocycles. The van der Waals surface area contributed by atoms with E-state index in [4.69, 9.17) is 4.74 Å². The van der Waals surface area contributed by atoms with E-state index < -0.39 is 6.36 Å². The Bertz CT molecular complexity index is 893. The third-order valence-corrected chi connectivity index (χ3v) is 4.21. The first-order valence-electron chi connectivity index (χ1n) is 9.36. The molecule has 0 saturated heterocycles. The molecule has 0 spiro atoms. The van der Waals surface area contributed by atoms with Gasteiger partial charge in [-0.15, -0.1) is 13.2 Å². The van der Waals surface area contributed by atoms with Crippen LogP contribution in [0.25, 0.3) is 22.5 Å². The number of rotatable bonds is 8. The summed E-state index contributed by atoms with van der Waals surface area (Å²) in [5.74, 6) is 0.970. The minimum absolute atomic E-state index is 0.247. The smallest absolute Gasteiger partial charge is 0.490 e. The fourth-order valence-corrected chi connectivity index (χ4v) is 2.74. The number of hydrogen-bond donors (Lipinski definition) is 0. The van der Waals surface area contributed by atoms with E-state index in [2.05, 4.69) is 21.6 Å². The van der Waals surface area contributed by atoms with E-state index in [1.807, 2.05) is 24.3 Å². The lowest BCUT2D eigenvalue weighted by molar-refractivity contribution is -0.274. The van der Waals surface area contributed by atoms with Crippen LogP contribution < -0.4 is 9.47 Å². The van der Waals surface area contributed by atoms with Crippen LogP contribution in [0.3, 0.4) is 0 Å². The van der Waals surface area contributed by atoms with E-state index in [1.54, 1.807) is 24.5 Å². The van der Waals surface area contributed by atoms with Gasteiger partial charge in [0.05, 0.1) is 19.0 Å². The topological polar surface area (TPSA) is 44.2 Å². The minimum atomic E-state index is -4.70. The van der Waals surface area contributed by atoms with E-state index in [0.717, 1.165) is 36.0 Å². The van der Waals surface area contributed by atoms with Crippen LogP contribution in [-0.2, 0) is 0 Å². The van der Waals surface area contributed by atoms with Crippen LogP contribution in [0.4, 0.5) is 13.2 Å². The summed E-state index contributed by atoms with van der Waals surface area (Å²) >= 11 is 0. The summed E-state index contributed by atoms with van der Waals surface area (Å²) in [7, 11) is 0. The van der Waals surface area contributed by atoms with Crippen molar-refractivity contribution in [1.82, 2.24) is 9.97 Å². The lowest BCUT2D eigenvalue weighted by atomic mass is 10.0. The first-order chi connectivity index (χ1) is 13.9. The van der Waals surface area contributed by atoms with Gasteiger partial charge in [-0.1, -0.05) is 56.2 Å². The maximum absolute atomic E-state index is 12.2. The third kappa shape index (κ3) is 6.20. The number of aromatic nitrogens is 2. The summed E-state index contributed by atoms with van der Waals surface area (Å²) in [6.07, 6.45) is 1.88. The van der Waals surface area contributed by atoms with Crippen molar-refractivity contribution in [2.45, 2.75) is 32.5 Å². The van der Waals surface area contributed by atoms with Crippen LogP contribution in [-0.4, -0.2) is 22.9 Å². The summed E-state index contributed by atoms with van der Waals surface area (Å²) in [6.45, 7) is 2.79. The molecule has 0 amide bonds. The van der Waals surface area contributed by atoms with Crippen molar-refractivity contribution in [3.8, 4) is 34.0 Å². The summed E-state index contributed by atoms with van der Waals surface area (Å²) in [6, 6.07) is 13.2. The largest absolute Gasteiger partial charge is 0.573 e. The molecule has 2 aromatic carbocycles. The summed E-state index contributed by atoms with van der Waals surface area (Å²) < 4.78 is 46.2. The summed E-state index contributed by atoms with van der Waals surface area (Å²) in [5.41, 5.74) is 2.48. The van der Waals surface area contributed by atoms with Crippen LogP contribution in [0, 0.1) is 0 Å². The van der Waals surface area contributed by atoms with Crippen molar-refractivity contribution in [2.75, 3.05) is 6.61 Å². The molecule has 0 aliphatic carbocycles. The van der Waals surface area contributed by atoms with Gasteiger partial charge in [-0.05, 0) is 29.7 Å². The molecule has 7 heteroatoms. The quantitative estimate of drug-likeness (QED) is 0.416. The lowest BCUT2D eigenvalue weighted by Crippen LogP contribution is -2.16. The van der Waals surface area contributed by atoms with Crippen LogP contribution in [0.5, 0.6) is 11.5 Å². The SMILES string of the molecule is CCCCCOc1cnc(-c2ccc(-c3ccc(OC(F)(F)F)cc3)cc2)nc1. The Labute approximate surface area is 167 Å². The predicted molar refractivity (Wildman–Crippen MR) is 105 cm³/mol. The highest BCUT2D eigenvalue weighted by Crippen LogP contribution is 2.28. The average Bonchev–Trinajstić information content (AvgIpc) is 2.71. The Morgan fingerprint density at radius 1 is 0.759 bits per heavy atom. The van der Waals surface area contributed by atoms with E-state index in [1.165, 1.54) is 12.1 Å². The first-order valence-corrected chi connectivity index (χ1v) is 9.36. The molecular formula is C22H21F3N2O2. The molecule has 0 fully saturated rings. The highest BCUT2D eigenvalue weighted by atomic mass is 19.4. The Kier molecular flexibility index (Phi) is 6.69. The number of halogens is 3. The highest BCUT2D eigenvalue weighted by Gasteiger charge is 2.30. The van der Waals surface area contributed by atoms with Crippen molar-refractivity contribution in [3.63, 3.8) is 0 Å². The van der Waals surface area contributed by atoms with Crippen molar-refractivity contribution >= 4 is 0 Å². The number of ether oxygens (including phenoxy) is 2. The standard InChI is InChI=1S/C22H21F3N2O2/c1-2-3-4-13-28-20-14-26-21(27-15-20)18-7-5-16(6-8-18)17-9-11-19(12-10-17)29-22(23,24)25/h5-12,14-15H,2-4,13H2,1H3. The monoisotopic (exact) mass is 402 g/mol. The first kappa shape index (κ1) is 20.6. The lowest BCUT2D eigenvalue weighted by Gasteiger charge is -2.09. The zero-order valence-corrected chi connectivity index (χ0v) is 15.9.